The van der Waals surface area contributed by atoms with Crippen LogP contribution in [-0.2, 0) is 14.3 Å². The van der Waals surface area contributed by atoms with Crippen molar-refractivity contribution in [2.75, 3.05) is 13.2 Å². The number of unbranched alkanes of at least 4 members (excludes halogenated alkanes) is 42. The van der Waals surface area contributed by atoms with Crippen LogP contribution in [0.15, 0.2) is 12.2 Å². The molecule has 3 N–H and O–H groups in total. The lowest BCUT2D eigenvalue weighted by Gasteiger charge is -2.22. The quantitative estimate of drug-likeness (QED) is 0.0321. The van der Waals surface area contributed by atoms with Gasteiger partial charge in [-0.1, -0.05) is 276 Å². The molecule has 2 unspecified atom stereocenters. The van der Waals surface area contributed by atoms with Gasteiger partial charge in [0.25, 0.3) is 0 Å². The Morgan fingerprint density at radius 2 is 0.723 bits per heavy atom. The first-order chi connectivity index (χ1) is 32.0. The molecule has 0 aliphatic heterocycles. The van der Waals surface area contributed by atoms with Gasteiger partial charge in [-0.15, -0.1) is 0 Å². The molecule has 2 atom stereocenters. The minimum Gasteiger partial charge on any atom is -0.466 e. The van der Waals surface area contributed by atoms with E-state index in [-0.39, 0.29) is 18.5 Å². The van der Waals surface area contributed by atoms with Crippen molar-refractivity contribution in [1.29, 1.82) is 0 Å². The van der Waals surface area contributed by atoms with Gasteiger partial charge in [0.2, 0.25) is 5.91 Å². The van der Waals surface area contributed by atoms with Crippen molar-refractivity contribution in [2.24, 2.45) is 0 Å². The lowest BCUT2D eigenvalue weighted by atomic mass is 10.0. The Morgan fingerprint density at radius 3 is 1.09 bits per heavy atom. The SMILES string of the molecule is CCCCCCCCCCCCCCCCCCC(O)C(CO)NC(=O)CCCCCCC/C=C\CCCCCCCCCCCOC(=O)CCCCCCCCCCCCCCCC. The van der Waals surface area contributed by atoms with E-state index >= 15 is 0 Å². The molecular formula is C59H115NO5. The Balaban J connectivity index is 3.44. The van der Waals surface area contributed by atoms with Gasteiger partial charge in [0, 0.05) is 12.8 Å². The van der Waals surface area contributed by atoms with Gasteiger partial charge >= 0.3 is 5.97 Å². The molecule has 0 heterocycles. The normalized spacial score (nSPS) is 12.6. The number of carbonyl (C=O) groups excluding carboxylic acids is 2. The molecule has 0 aromatic rings. The maximum Gasteiger partial charge on any atom is 0.305 e. The number of ether oxygens (including phenoxy) is 1. The second-order valence-corrected chi connectivity index (χ2v) is 20.3. The average molecular weight is 919 g/mol. The standard InChI is InChI=1S/C59H115NO5/c1-3-5-7-9-11-13-15-17-19-24-27-31-35-39-43-47-51-57(62)56(55-61)60-58(63)52-48-44-40-36-32-28-25-22-20-21-23-26-30-34-38-42-46-50-54-65-59(64)53-49-45-41-37-33-29-18-16-14-12-10-8-6-4-2/h22,25,56-57,61-62H,3-21,23-24,26-55H2,1-2H3,(H,60,63)/b25-22-. The largest absolute Gasteiger partial charge is 0.466 e. The highest BCUT2D eigenvalue weighted by Crippen LogP contribution is 2.17. The number of carbonyl (C=O) groups is 2. The zero-order valence-corrected chi connectivity index (χ0v) is 44.0. The molecule has 0 aliphatic rings. The summed E-state index contributed by atoms with van der Waals surface area (Å²) < 4.78 is 5.48. The van der Waals surface area contributed by atoms with Gasteiger partial charge in [-0.3, -0.25) is 9.59 Å². The minimum atomic E-state index is -0.672. The van der Waals surface area contributed by atoms with E-state index in [0.717, 1.165) is 57.8 Å². The van der Waals surface area contributed by atoms with Gasteiger partial charge in [-0.2, -0.15) is 0 Å². The molecule has 0 radical (unpaired) electrons. The number of esters is 1. The number of allylic oxidation sites excluding steroid dienone is 2. The van der Waals surface area contributed by atoms with Crippen molar-refractivity contribution in [3.05, 3.63) is 12.2 Å². The summed E-state index contributed by atoms with van der Waals surface area (Å²) in [6.45, 7) is 4.96. The first-order valence-corrected chi connectivity index (χ1v) is 29.4. The smallest absolute Gasteiger partial charge is 0.305 e. The minimum absolute atomic E-state index is 0.00584. The van der Waals surface area contributed by atoms with E-state index in [1.54, 1.807) is 0 Å². The van der Waals surface area contributed by atoms with Crippen molar-refractivity contribution in [1.82, 2.24) is 5.32 Å². The van der Waals surface area contributed by atoms with Crippen LogP contribution in [0.3, 0.4) is 0 Å². The lowest BCUT2D eigenvalue weighted by molar-refractivity contribution is -0.143. The van der Waals surface area contributed by atoms with Crippen LogP contribution in [0.4, 0.5) is 0 Å². The topological polar surface area (TPSA) is 95.9 Å². The van der Waals surface area contributed by atoms with E-state index in [9.17, 15) is 19.8 Å². The van der Waals surface area contributed by atoms with Gasteiger partial charge < -0.3 is 20.3 Å². The summed E-state index contributed by atoms with van der Waals surface area (Å²) >= 11 is 0. The summed E-state index contributed by atoms with van der Waals surface area (Å²) in [5.74, 6) is -0.0410. The molecule has 0 aromatic carbocycles. The summed E-state index contributed by atoms with van der Waals surface area (Å²) in [6, 6.07) is -0.550. The highest BCUT2D eigenvalue weighted by atomic mass is 16.5. The molecule has 0 bridgehead atoms. The third-order valence-corrected chi connectivity index (χ3v) is 13.8. The van der Waals surface area contributed by atoms with Crippen LogP contribution >= 0.6 is 0 Å². The van der Waals surface area contributed by atoms with E-state index in [0.29, 0.717) is 25.9 Å². The van der Waals surface area contributed by atoms with Crippen molar-refractivity contribution in [2.45, 2.75) is 341 Å². The van der Waals surface area contributed by atoms with Crippen molar-refractivity contribution >= 4 is 11.9 Å². The summed E-state index contributed by atoms with van der Waals surface area (Å²) in [5, 5.41) is 23.3. The molecule has 0 aromatic heterocycles. The predicted molar refractivity (Wildman–Crippen MR) is 283 cm³/mol. The third kappa shape index (κ3) is 51.8. The van der Waals surface area contributed by atoms with Crippen LogP contribution in [0, 0.1) is 0 Å². The van der Waals surface area contributed by atoms with E-state index in [2.05, 4.69) is 31.3 Å². The van der Waals surface area contributed by atoms with E-state index in [1.165, 1.54) is 238 Å². The Kier molecular flexibility index (Phi) is 54.0. The summed E-state index contributed by atoms with van der Waals surface area (Å²) in [7, 11) is 0. The van der Waals surface area contributed by atoms with Gasteiger partial charge in [-0.25, -0.2) is 0 Å². The molecular weight excluding hydrogens is 803 g/mol. The van der Waals surface area contributed by atoms with Gasteiger partial charge in [-0.05, 0) is 51.4 Å². The Bertz CT molecular complexity index is 970. The first kappa shape index (κ1) is 63.6. The predicted octanol–water partition coefficient (Wildman–Crippen LogP) is 18.1. The van der Waals surface area contributed by atoms with E-state index in [4.69, 9.17) is 4.74 Å². The molecule has 1 amide bonds. The molecule has 0 saturated carbocycles. The number of hydrogen-bond donors (Lipinski definition) is 3. The molecule has 0 saturated heterocycles. The highest BCUT2D eigenvalue weighted by molar-refractivity contribution is 5.76. The number of nitrogens with one attached hydrogen (secondary N) is 1. The van der Waals surface area contributed by atoms with Crippen LogP contribution in [-0.4, -0.2) is 47.4 Å². The monoisotopic (exact) mass is 918 g/mol. The zero-order valence-electron chi connectivity index (χ0n) is 44.0. The molecule has 0 aliphatic carbocycles. The summed E-state index contributed by atoms with van der Waals surface area (Å²) in [5.41, 5.74) is 0. The molecule has 386 valence electrons. The third-order valence-electron chi connectivity index (χ3n) is 13.8. The molecule has 0 fully saturated rings. The Hall–Kier alpha value is -1.40. The maximum absolute atomic E-state index is 12.5. The second kappa shape index (κ2) is 55.2. The molecule has 65 heavy (non-hydrogen) atoms. The molecule has 0 spiro atoms. The number of aliphatic hydroxyl groups is 2. The molecule has 6 heteroatoms. The second-order valence-electron chi connectivity index (χ2n) is 20.3. The first-order valence-electron chi connectivity index (χ1n) is 29.4. The Labute approximate surface area is 406 Å². The fraction of sp³-hybridized carbons (Fsp3) is 0.932. The summed E-state index contributed by atoms with van der Waals surface area (Å²) in [4.78, 5) is 24.5. The van der Waals surface area contributed by atoms with E-state index < -0.39 is 12.1 Å². The number of amides is 1. The van der Waals surface area contributed by atoms with Crippen LogP contribution < -0.4 is 5.32 Å². The zero-order chi connectivity index (χ0) is 47.2. The number of aliphatic hydroxyl groups excluding tert-OH is 2. The van der Waals surface area contributed by atoms with Gasteiger partial charge in [0.1, 0.15) is 0 Å². The summed E-state index contributed by atoms with van der Waals surface area (Å²) in [6.07, 6.45) is 64.9. The fourth-order valence-electron chi connectivity index (χ4n) is 9.28. The number of rotatable bonds is 55. The Morgan fingerprint density at radius 1 is 0.415 bits per heavy atom. The maximum atomic E-state index is 12.5. The van der Waals surface area contributed by atoms with Crippen molar-refractivity contribution < 1.29 is 24.5 Å². The van der Waals surface area contributed by atoms with Gasteiger partial charge in [0.15, 0.2) is 0 Å². The fourth-order valence-corrected chi connectivity index (χ4v) is 9.28. The van der Waals surface area contributed by atoms with Crippen LogP contribution in [0.1, 0.15) is 328 Å². The highest BCUT2D eigenvalue weighted by Gasteiger charge is 2.20. The van der Waals surface area contributed by atoms with Crippen LogP contribution in [0.5, 0.6) is 0 Å². The van der Waals surface area contributed by atoms with Gasteiger partial charge in [0.05, 0.1) is 25.4 Å². The van der Waals surface area contributed by atoms with Crippen LogP contribution in [0.25, 0.3) is 0 Å². The molecule has 6 nitrogen and oxygen atoms in total. The average Bonchev–Trinajstić information content (AvgIpc) is 3.31. The lowest BCUT2D eigenvalue weighted by Crippen LogP contribution is -2.45. The van der Waals surface area contributed by atoms with Crippen molar-refractivity contribution in [3.8, 4) is 0 Å². The van der Waals surface area contributed by atoms with E-state index in [1.807, 2.05) is 0 Å². The van der Waals surface area contributed by atoms with Crippen molar-refractivity contribution in [3.63, 3.8) is 0 Å². The molecule has 0 rings (SSSR count). The van der Waals surface area contributed by atoms with Crippen LogP contribution in [0.2, 0.25) is 0 Å². The number of hydrogen-bond acceptors (Lipinski definition) is 5.